The minimum atomic E-state index is -0.927. The van der Waals surface area contributed by atoms with E-state index in [1.807, 2.05) is 19.1 Å². The highest BCUT2D eigenvalue weighted by Crippen LogP contribution is 2.40. The molecule has 3 aliphatic heterocycles. The van der Waals surface area contributed by atoms with E-state index in [0.29, 0.717) is 51.3 Å². The van der Waals surface area contributed by atoms with E-state index in [9.17, 15) is 9.18 Å². The summed E-state index contributed by atoms with van der Waals surface area (Å²) in [7, 11) is 4.25. The van der Waals surface area contributed by atoms with Crippen molar-refractivity contribution in [2.24, 2.45) is 0 Å². The first-order chi connectivity index (χ1) is 20.2. The Morgan fingerprint density at radius 1 is 1.12 bits per heavy atom. The minimum absolute atomic E-state index is 0.0709. The second-order valence-electron chi connectivity index (χ2n) is 11.9. The molecule has 2 unspecified atom stereocenters. The third kappa shape index (κ3) is 5.45. The first-order valence-electron chi connectivity index (χ1n) is 14.7. The normalized spacial score (nSPS) is 23.3. The number of halogens is 2. The average Bonchev–Trinajstić information content (AvgIpc) is 3.39. The van der Waals surface area contributed by atoms with E-state index >= 15 is 0 Å². The molecule has 4 heterocycles. The summed E-state index contributed by atoms with van der Waals surface area (Å²) in [6, 6.07) is 13.0. The van der Waals surface area contributed by atoms with Crippen molar-refractivity contribution in [2.45, 2.75) is 50.9 Å². The number of carbonyl (C=O) groups is 1. The van der Waals surface area contributed by atoms with Gasteiger partial charge in [-0.2, -0.15) is 9.97 Å². The Labute approximate surface area is 251 Å². The summed E-state index contributed by atoms with van der Waals surface area (Å²) in [5, 5.41) is 2.93. The number of hydrogen-bond donors (Lipinski definition) is 0. The van der Waals surface area contributed by atoms with Gasteiger partial charge in [-0.15, -0.1) is 0 Å². The number of ether oxygens (including phenoxy) is 1. The fourth-order valence-corrected chi connectivity index (χ4v) is 7.06. The summed E-state index contributed by atoms with van der Waals surface area (Å²) < 4.78 is 20.0. The lowest BCUT2D eigenvalue weighted by Gasteiger charge is -2.42. The molecule has 0 radical (unpaired) electrons. The maximum Gasteiger partial charge on any atom is 0.318 e. The number of rotatable bonds is 6. The summed E-state index contributed by atoms with van der Waals surface area (Å²) in [4.78, 5) is 30.7. The van der Waals surface area contributed by atoms with E-state index in [0.717, 1.165) is 52.3 Å². The third-order valence-corrected chi connectivity index (χ3v) is 9.43. The van der Waals surface area contributed by atoms with Crippen LogP contribution >= 0.6 is 11.6 Å². The van der Waals surface area contributed by atoms with Crippen LogP contribution in [0.15, 0.2) is 48.8 Å². The molecule has 222 valence electrons. The SMILES string of the molecule is C=C(F)C(=O)N1CCN(c2nc(OCC3CCCN3C)nc3c2CN(C)C(c2cccc4cccc(Cl)c24)C3)C[C@H]1C. The van der Waals surface area contributed by atoms with Crippen molar-refractivity contribution in [3.63, 3.8) is 0 Å². The first-order valence-corrected chi connectivity index (χ1v) is 15.1. The van der Waals surface area contributed by atoms with Crippen molar-refractivity contribution in [2.75, 3.05) is 51.8 Å². The first kappa shape index (κ1) is 28.8. The molecule has 10 heteroatoms. The maximum atomic E-state index is 13.7. The van der Waals surface area contributed by atoms with Gasteiger partial charge < -0.3 is 19.4 Å². The standard InChI is InChI=1S/C32H38ClFN6O2/c1-20-17-39(14-15-40(20)31(41)21(2)34)30-25-18-38(4)28(24-11-5-8-22-9-6-12-26(33)29(22)24)16-27(25)35-32(36-30)42-19-23-10-7-13-37(23)3/h5-6,8-9,11-12,20,23,28H,2,7,10,13-19H2,1,3-4H3/t20-,23?,28?/m1/s1. The molecule has 6 rings (SSSR count). The predicted molar refractivity (Wildman–Crippen MR) is 164 cm³/mol. The Bertz CT molecular complexity index is 1510. The quantitative estimate of drug-likeness (QED) is 0.373. The largest absolute Gasteiger partial charge is 0.462 e. The van der Waals surface area contributed by atoms with Crippen molar-refractivity contribution < 1.29 is 13.9 Å². The second kappa shape index (κ2) is 11.8. The monoisotopic (exact) mass is 592 g/mol. The van der Waals surface area contributed by atoms with E-state index in [2.05, 4.69) is 59.6 Å². The molecule has 2 aromatic carbocycles. The second-order valence-corrected chi connectivity index (χ2v) is 12.3. The van der Waals surface area contributed by atoms with Gasteiger partial charge in [0.25, 0.3) is 5.91 Å². The molecule has 8 nitrogen and oxygen atoms in total. The lowest BCUT2D eigenvalue weighted by molar-refractivity contribution is -0.131. The number of likely N-dealkylation sites (tertiary alicyclic amines) is 1. The molecule has 0 saturated carbocycles. The highest BCUT2D eigenvalue weighted by molar-refractivity contribution is 6.35. The van der Waals surface area contributed by atoms with E-state index in [4.69, 9.17) is 26.3 Å². The number of amides is 1. The van der Waals surface area contributed by atoms with Gasteiger partial charge in [-0.25, -0.2) is 4.39 Å². The fourth-order valence-electron chi connectivity index (χ4n) is 6.77. The number of hydrogen-bond acceptors (Lipinski definition) is 7. The van der Waals surface area contributed by atoms with E-state index in [1.165, 1.54) is 5.56 Å². The number of piperazine rings is 1. The fraction of sp³-hybridized carbons (Fsp3) is 0.469. The van der Waals surface area contributed by atoms with Gasteiger partial charge in [-0.3, -0.25) is 9.69 Å². The van der Waals surface area contributed by atoms with Gasteiger partial charge in [0, 0.05) is 66.7 Å². The van der Waals surface area contributed by atoms with E-state index in [-0.39, 0.29) is 12.1 Å². The Balaban J connectivity index is 1.35. The maximum absolute atomic E-state index is 13.7. The smallest absolute Gasteiger partial charge is 0.318 e. The van der Waals surface area contributed by atoms with Gasteiger partial charge in [0.1, 0.15) is 12.4 Å². The topological polar surface area (TPSA) is 65.0 Å². The Morgan fingerprint density at radius 2 is 1.90 bits per heavy atom. The number of fused-ring (bicyclic) bond motifs is 2. The Kier molecular flexibility index (Phi) is 8.09. The molecule has 0 bridgehead atoms. The van der Waals surface area contributed by atoms with Crippen LogP contribution in [0.4, 0.5) is 10.2 Å². The molecule has 3 aliphatic rings. The number of likely N-dealkylation sites (N-methyl/N-ethyl adjacent to an activating group) is 2. The van der Waals surface area contributed by atoms with Gasteiger partial charge in [0.05, 0.1) is 5.69 Å². The third-order valence-electron chi connectivity index (χ3n) is 9.12. The summed E-state index contributed by atoms with van der Waals surface area (Å²) in [6.45, 7) is 8.84. The highest BCUT2D eigenvalue weighted by Gasteiger charge is 2.35. The van der Waals surface area contributed by atoms with Gasteiger partial charge in [0.2, 0.25) is 0 Å². The number of anilines is 1. The molecule has 1 aromatic heterocycles. The predicted octanol–water partition coefficient (Wildman–Crippen LogP) is 5.01. The van der Waals surface area contributed by atoms with Crippen molar-refractivity contribution in [3.8, 4) is 6.01 Å². The van der Waals surface area contributed by atoms with Crippen LogP contribution in [-0.4, -0.2) is 89.5 Å². The summed E-state index contributed by atoms with van der Waals surface area (Å²) in [6.07, 6.45) is 2.94. The zero-order chi connectivity index (χ0) is 29.5. The van der Waals surface area contributed by atoms with E-state index in [1.54, 1.807) is 4.90 Å². The molecule has 1 amide bonds. The highest BCUT2D eigenvalue weighted by atomic mass is 35.5. The zero-order valence-electron chi connectivity index (χ0n) is 24.5. The van der Waals surface area contributed by atoms with Crippen LogP contribution in [0, 0.1) is 0 Å². The van der Waals surface area contributed by atoms with Crippen LogP contribution in [0.5, 0.6) is 6.01 Å². The molecule has 42 heavy (non-hydrogen) atoms. The molecular formula is C32H38ClFN6O2. The molecule has 2 saturated heterocycles. The van der Waals surface area contributed by atoms with Crippen LogP contribution in [-0.2, 0) is 17.8 Å². The number of nitrogens with zero attached hydrogens (tertiary/aromatic N) is 6. The van der Waals surface area contributed by atoms with E-state index < -0.39 is 11.7 Å². The number of aromatic nitrogens is 2. The zero-order valence-corrected chi connectivity index (χ0v) is 25.3. The lowest BCUT2D eigenvalue weighted by Crippen LogP contribution is -2.54. The molecule has 0 N–H and O–H groups in total. The van der Waals surface area contributed by atoms with Crippen LogP contribution in [0.3, 0.4) is 0 Å². The lowest BCUT2D eigenvalue weighted by atomic mass is 9.90. The molecule has 0 aliphatic carbocycles. The molecule has 3 atom stereocenters. The van der Waals surface area contributed by atoms with Gasteiger partial charge in [-0.05, 0) is 57.4 Å². The van der Waals surface area contributed by atoms with Crippen molar-refractivity contribution in [1.82, 2.24) is 24.7 Å². The molecule has 3 aromatic rings. The minimum Gasteiger partial charge on any atom is -0.462 e. The molecular weight excluding hydrogens is 555 g/mol. The molecule has 0 spiro atoms. The van der Waals surface area contributed by atoms with Crippen LogP contribution in [0.1, 0.15) is 42.6 Å². The van der Waals surface area contributed by atoms with Gasteiger partial charge in [-0.1, -0.05) is 48.5 Å². The molecule has 2 fully saturated rings. The van der Waals surface area contributed by atoms with Crippen LogP contribution in [0.2, 0.25) is 5.02 Å². The number of benzene rings is 2. The van der Waals surface area contributed by atoms with Gasteiger partial charge in [0.15, 0.2) is 5.83 Å². The Morgan fingerprint density at radius 3 is 2.62 bits per heavy atom. The summed E-state index contributed by atoms with van der Waals surface area (Å²) in [5.41, 5.74) is 3.20. The Hall–Kier alpha value is -3.27. The average molecular weight is 593 g/mol. The van der Waals surface area contributed by atoms with Gasteiger partial charge >= 0.3 is 6.01 Å². The van der Waals surface area contributed by atoms with Crippen molar-refractivity contribution in [1.29, 1.82) is 0 Å². The van der Waals surface area contributed by atoms with Crippen LogP contribution < -0.4 is 9.64 Å². The summed E-state index contributed by atoms with van der Waals surface area (Å²) in [5.74, 6) is -0.745. The van der Waals surface area contributed by atoms with Crippen molar-refractivity contribution >= 4 is 34.1 Å². The van der Waals surface area contributed by atoms with Crippen LogP contribution in [0.25, 0.3) is 10.8 Å². The van der Waals surface area contributed by atoms with Crippen molar-refractivity contribution in [3.05, 3.63) is 70.6 Å². The number of carbonyl (C=O) groups excluding carboxylic acids is 1. The summed E-state index contributed by atoms with van der Waals surface area (Å²) >= 11 is 6.73.